The number of aryl methyl sites for hydroxylation is 3. The molecule has 0 saturated heterocycles. The summed E-state index contributed by atoms with van der Waals surface area (Å²) in [4.78, 5) is 2.38. The van der Waals surface area contributed by atoms with Crippen LogP contribution in [0.3, 0.4) is 0 Å². The number of methoxy groups -OCH3 is 1. The van der Waals surface area contributed by atoms with E-state index in [1.54, 1.807) is 7.11 Å². The Balaban J connectivity index is 1.74. The van der Waals surface area contributed by atoms with E-state index in [-0.39, 0.29) is 6.79 Å². The Kier molecular flexibility index (Phi) is 8.00. The van der Waals surface area contributed by atoms with E-state index in [9.17, 15) is 0 Å². The number of hydrogen-bond acceptors (Lipinski definition) is 3. The number of ether oxygens (including phenoxy) is 2. The molecule has 4 aromatic rings. The van der Waals surface area contributed by atoms with Crippen LogP contribution in [-0.4, -0.2) is 13.9 Å². The summed E-state index contributed by atoms with van der Waals surface area (Å²) >= 11 is 0. The number of anilines is 2. The molecule has 174 valence electrons. The average Bonchev–Trinajstić information content (AvgIpc) is 2.85. The molecule has 4 rings (SSSR count). The molecule has 0 N–H and O–H groups in total. The fraction of sp³-hybridized carbons (Fsp3) is 0.200. The first-order valence-electron chi connectivity index (χ1n) is 11.5. The number of rotatable bonds is 9. The second kappa shape index (κ2) is 11.3. The predicted molar refractivity (Wildman–Crippen MR) is 146 cm³/mol. The van der Waals surface area contributed by atoms with Crippen molar-refractivity contribution in [1.82, 2.24) is 0 Å². The Labute approximate surface area is 205 Å². The highest BCUT2D eigenvalue weighted by Gasteiger charge is 2.17. The molecule has 34 heavy (non-hydrogen) atoms. The predicted octanol–water partition coefficient (Wildman–Crippen LogP) is 6.56. The summed E-state index contributed by atoms with van der Waals surface area (Å²) in [7, 11) is 2.14. The zero-order valence-electron chi connectivity index (χ0n) is 20.3. The minimum atomic E-state index is 0.248. The van der Waals surface area contributed by atoms with Crippen molar-refractivity contribution in [2.75, 3.05) is 18.8 Å². The van der Waals surface area contributed by atoms with Gasteiger partial charge in [0.15, 0.2) is 6.79 Å². The maximum absolute atomic E-state index is 6.02. The third-order valence-electron chi connectivity index (χ3n) is 5.82. The second-order valence-electron chi connectivity index (χ2n) is 8.50. The van der Waals surface area contributed by atoms with Gasteiger partial charge in [0, 0.05) is 30.3 Å². The lowest BCUT2D eigenvalue weighted by atomic mass is 10.1. The standard InChI is InChI=1S/C30H32NO2P/c1-22-18-24(3)29(33-21-32-4)28(19-22)34-30-23(2)12-11-13-25(30)20-31(26-14-7-5-8-15-26)27-16-9-6-10-17-27/h5-19,34H,20-21H2,1-4H3. The molecule has 0 radical (unpaired) electrons. The molecule has 1 unspecified atom stereocenters. The molecule has 0 spiro atoms. The fourth-order valence-corrected chi connectivity index (χ4v) is 5.80. The quantitative estimate of drug-likeness (QED) is 0.205. The van der Waals surface area contributed by atoms with Gasteiger partial charge in [0.1, 0.15) is 5.75 Å². The molecule has 0 heterocycles. The minimum Gasteiger partial charge on any atom is -0.467 e. The SMILES string of the molecule is COCOc1c(C)cc(C)cc1Pc1c(C)cccc1CN(c1ccccc1)c1ccccc1. The van der Waals surface area contributed by atoms with Crippen molar-refractivity contribution >= 4 is 30.6 Å². The van der Waals surface area contributed by atoms with Gasteiger partial charge < -0.3 is 14.4 Å². The van der Waals surface area contributed by atoms with Crippen LogP contribution in [0, 0.1) is 20.8 Å². The van der Waals surface area contributed by atoms with Gasteiger partial charge in [0.2, 0.25) is 0 Å². The summed E-state index contributed by atoms with van der Waals surface area (Å²) in [5.74, 6) is 0.933. The van der Waals surface area contributed by atoms with E-state index in [1.165, 1.54) is 38.7 Å². The van der Waals surface area contributed by atoms with E-state index in [0.29, 0.717) is 8.58 Å². The third kappa shape index (κ3) is 5.67. The molecular formula is C30H32NO2P. The molecule has 0 aliphatic rings. The van der Waals surface area contributed by atoms with Gasteiger partial charge in [-0.25, -0.2) is 0 Å². The van der Waals surface area contributed by atoms with Gasteiger partial charge >= 0.3 is 0 Å². The van der Waals surface area contributed by atoms with Gasteiger partial charge in [-0.3, -0.25) is 0 Å². The summed E-state index contributed by atoms with van der Waals surface area (Å²) in [5.41, 5.74) is 7.37. The largest absolute Gasteiger partial charge is 0.467 e. The van der Waals surface area contributed by atoms with Crippen molar-refractivity contribution in [3.63, 3.8) is 0 Å². The van der Waals surface area contributed by atoms with Crippen molar-refractivity contribution < 1.29 is 9.47 Å². The highest BCUT2D eigenvalue weighted by Crippen LogP contribution is 2.30. The van der Waals surface area contributed by atoms with Crippen LogP contribution in [0.4, 0.5) is 11.4 Å². The topological polar surface area (TPSA) is 21.7 Å². The smallest absolute Gasteiger partial charge is 0.188 e. The molecule has 0 aliphatic heterocycles. The maximum atomic E-state index is 6.02. The lowest BCUT2D eigenvalue weighted by Gasteiger charge is -2.27. The highest BCUT2D eigenvalue weighted by atomic mass is 31.1. The second-order valence-corrected chi connectivity index (χ2v) is 9.79. The fourth-order valence-electron chi connectivity index (χ4n) is 4.25. The molecule has 4 heteroatoms. The minimum absolute atomic E-state index is 0.248. The summed E-state index contributed by atoms with van der Waals surface area (Å²) in [6.45, 7) is 7.50. The highest BCUT2D eigenvalue weighted by molar-refractivity contribution is 7.56. The molecule has 0 saturated carbocycles. The third-order valence-corrected chi connectivity index (χ3v) is 7.43. The summed E-state index contributed by atoms with van der Waals surface area (Å²) in [6, 6.07) is 32.2. The summed E-state index contributed by atoms with van der Waals surface area (Å²) in [5, 5.41) is 2.59. The van der Waals surface area contributed by atoms with Crippen LogP contribution in [0.5, 0.6) is 5.75 Å². The zero-order chi connectivity index (χ0) is 23.9. The first-order chi connectivity index (χ1) is 16.6. The Bertz CT molecular complexity index is 1190. The molecule has 4 aromatic carbocycles. The Morgan fingerprint density at radius 3 is 2.00 bits per heavy atom. The van der Waals surface area contributed by atoms with Crippen molar-refractivity contribution in [2.24, 2.45) is 0 Å². The van der Waals surface area contributed by atoms with Crippen LogP contribution in [0.1, 0.15) is 22.3 Å². The van der Waals surface area contributed by atoms with Crippen LogP contribution in [0.25, 0.3) is 0 Å². The van der Waals surface area contributed by atoms with Gasteiger partial charge in [0.25, 0.3) is 0 Å². The lowest BCUT2D eigenvalue weighted by molar-refractivity contribution is 0.0514. The summed E-state index contributed by atoms with van der Waals surface area (Å²) < 4.78 is 11.2. The van der Waals surface area contributed by atoms with E-state index >= 15 is 0 Å². The summed E-state index contributed by atoms with van der Waals surface area (Å²) in [6.07, 6.45) is 0. The van der Waals surface area contributed by atoms with Crippen molar-refractivity contribution in [1.29, 1.82) is 0 Å². The van der Waals surface area contributed by atoms with Crippen molar-refractivity contribution in [3.05, 3.63) is 113 Å². The maximum Gasteiger partial charge on any atom is 0.188 e. The molecule has 1 atom stereocenters. The van der Waals surface area contributed by atoms with Gasteiger partial charge in [-0.1, -0.05) is 69.2 Å². The van der Waals surface area contributed by atoms with Gasteiger partial charge in [-0.2, -0.15) is 0 Å². The van der Waals surface area contributed by atoms with Crippen LogP contribution in [0.15, 0.2) is 91.0 Å². The van der Waals surface area contributed by atoms with Crippen LogP contribution >= 0.6 is 8.58 Å². The van der Waals surface area contributed by atoms with E-state index in [4.69, 9.17) is 9.47 Å². The number of nitrogens with zero attached hydrogens (tertiary/aromatic N) is 1. The normalized spacial score (nSPS) is 11.2. The number of para-hydroxylation sites is 2. The van der Waals surface area contributed by atoms with Crippen LogP contribution in [0.2, 0.25) is 0 Å². The zero-order valence-corrected chi connectivity index (χ0v) is 21.3. The molecule has 0 aliphatic carbocycles. The molecule has 0 bridgehead atoms. The van der Waals surface area contributed by atoms with Crippen LogP contribution in [-0.2, 0) is 11.3 Å². The van der Waals surface area contributed by atoms with E-state index in [1.807, 2.05) is 0 Å². The van der Waals surface area contributed by atoms with Gasteiger partial charge in [-0.15, -0.1) is 0 Å². The Hall–Kier alpha value is -3.13. The van der Waals surface area contributed by atoms with Crippen molar-refractivity contribution in [3.8, 4) is 5.75 Å². The van der Waals surface area contributed by atoms with Crippen molar-refractivity contribution in [2.45, 2.75) is 27.3 Å². The van der Waals surface area contributed by atoms with Crippen LogP contribution < -0.4 is 20.2 Å². The average molecular weight is 470 g/mol. The molecule has 0 aromatic heterocycles. The lowest BCUT2D eigenvalue weighted by Crippen LogP contribution is -2.22. The molecule has 0 amide bonds. The Morgan fingerprint density at radius 2 is 1.38 bits per heavy atom. The van der Waals surface area contributed by atoms with E-state index in [2.05, 4.69) is 117 Å². The van der Waals surface area contributed by atoms with Gasteiger partial charge in [0.05, 0.1) is 0 Å². The molecule has 0 fully saturated rings. The number of hydrogen-bond donors (Lipinski definition) is 0. The monoisotopic (exact) mass is 469 g/mol. The van der Waals surface area contributed by atoms with E-state index in [0.717, 1.165) is 17.9 Å². The molecular weight excluding hydrogens is 437 g/mol. The first kappa shape index (κ1) is 24.0. The Morgan fingerprint density at radius 1 is 0.735 bits per heavy atom. The molecule has 3 nitrogen and oxygen atoms in total. The van der Waals surface area contributed by atoms with Gasteiger partial charge in [-0.05, 0) is 78.7 Å². The number of benzene rings is 4. The van der Waals surface area contributed by atoms with E-state index < -0.39 is 0 Å². The first-order valence-corrected chi connectivity index (χ1v) is 12.5.